The third-order valence-electron chi connectivity index (χ3n) is 2.76. The highest BCUT2D eigenvalue weighted by molar-refractivity contribution is 7.89. The lowest BCUT2D eigenvalue weighted by atomic mass is 10.2. The van der Waals surface area contributed by atoms with Gasteiger partial charge in [-0.15, -0.1) is 0 Å². The summed E-state index contributed by atoms with van der Waals surface area (Å²) in [5.41, 5.74) is 0.999. The van der Waals surface area contributed by atoms with Gasteiger partial charge in [0.1, 0.15) is 0 Å². The Labute approximate surface area is 129 Å². The van der Waals surface area contributed by atoms with Crippen molar-refractivity contribution in [2.45, 2.75) is 24.8 Å². The highest BCUT2D eigenvalue weighted by atomic mass is 32.2. The third-order valence-corrected chi connectivity index (χ3v) is 4.43. The van der Waals surface area contributed by atoms with Gasteiger partial charge in [-0.2, -0.15) is 0 Å². The van der Waals surface area contributed by atoms with E-state index in [1.807, 2.05) is 0 Å². The first-order chi connectivity index (χ1) is 10.4. The zero-order valence-electron chi connectivity index (χ0n) is 12.3. The fraction of sp³-hybridized carbons (Fsp3) is 0.200. The number of anilines is 1. The van der Waals surface area contributed by atoms with Gasteiger partial charge in [0.15, 0.2) is 0 Å². The minimum atomic E-state index is -3.53. The molecule has 0 bridgehead atoms. The van der Waals surface area contributed by atoms with Crippen LogP contribution in [0.25, 0.3) is 0 Å². The number of carbonyl (C=O) groups excluding carboxylic acids is 1. The summed E-state index contributed by atoms with van der Waals surface area (Å²) in [4.78, 5) is 16.0. The summed E-state index contributed by atoms with van der Waals surface area (Å²) in [6.45, 7) is 3.50. The second kappa shape index (κ2) is 6.67. The van der Waals surface area contributed by atoms with Crippen LogP contribution >= 0.6 is 0 Å². The van der Waals surface area contributed by atoms with Crippen molar-refractivity contribution in [2.75, 3.05) is 5.32 Å². The number of benzene rings is 1. The molecular formula is C15H17N3O3S. The second-order valence-corrected chi connectivity index (χ2v) is 6.70. The number of sulfonamides is 1. The topological polar surface area (TPSA) is 88.2 Å². The van der Waals surface area contributed by atoms with E-state index in [0.717, 1.165) is 0 Å². The van der Waals surface area contributed by atoms with Gasteiger partial charge in [-0.25, -0.2) is 13.1 Å². The van der Waals surface area contributed by atoms with Crippen molar-refractivity contribution in [2.24, 2.45) is 0 Å². The van der Waals surface area contributed by atoms with E-state index in [9.17, 15) is 13.2 Å². The molecule has 1 aromatic carbocycles. The number of carbonyl (C=O) groups is 1. The molecule has 0 saturated heterocycles. The largest absolute Gasteiger partial charge is 0.322 e. The van der Waals surface area contributed by atoms with Crippen LogP contribution in [-0.4, -0.2) is 25.4 Å². The van der Waals surface area contributed by atoms with E-state index >= 15 is 0 Å². The number of rotatable bonds is 5. The minimum absolute atomic E-state index is 0.156. The molecular weight excluding hydrogens is 302 g/mol. The van der Waals surface area contributed by atoms with E-state index < -0.39 is 10.0 Å². The summed E-state index contributed by atoms with van der Waals surface area (Å²) >= 11 is 0. The van der Waals surface area contributed by atoms with Crippen molar-refractivity contribution >= 4 is 21.6 Å². The molecule has 0 spiro atoms. The monoisotopic (exact) mass is 319 g/mol. The van der Waals surface area contributed by atoms with Gasteiger partial charge < -0.3 is 5.32 Å². The van der Waals surface area contributed by atoms with E-state index in [-0.39, 0.29) is 16.8 Å². The maximum atomic E-state index is 12.0. The fourth-order valence-corrected chi connectivity index (χ4v) is 3.05. The zero-order valence-corrected chi connectivity index (χ0v) is 13.1. The average molecular weight is 319 g/mol. The molecule has 0 radical (unpaired) electrons. The number of amides is 1. The number of pyridine rings is 1. The number of nitrogens with one attached hydrogen (secondary N) is 2. The molecule has 22 heavy (non-hydrogen) atoms. The van der Waals surface area contributed by atoms with Crippen molar-refractivity contribution in [1.82, 2.24) is 9.71 Å². The highest BCUT2D eigenvalue weighted by Gasteiger charge is 2.15. The number of hydrogen-bond donors (Lipinski definition) is 2. The Morgan fingerprint density at radius 1 is 1.05 bits per heavy atom. The van der Waals surface area contributed by atoms with Gasteiger partial charge in [-0.1, -0.05) is 0 Å². The van der Waals surface area contributed by atoms with Crippen LogP contribution in [0.3, 0.4) is 0 Å². The summed E-state index contributed by atoms with van der Waals surface area (Å²) < 4.78 is 26.5. The highest BCUT2D eigenvalue weighted by Crippen LogP contribution is 2.15. The fourth-order valence-electron chi connectivity index (χ4n) is 1.80. The van der Waals surface area contributed by atoms with E-state index in [0.29, 0.717) is 11.3 Å². The molecule has 0 atom stereocenters. The Bertz CT molecular complexity index is 741. The maximum absolute atomic E-state index is 12.0. The molecule has 116 valence electrons. The van der Waals surface area contributed by atoms with Gasteiger partial charge in [0.25, 0.3) is 5.91 Å². The molecule has 2 rings (SSSR count). The van der Waals surface area contributed by atoms with Crippen LogP contribution in [-0.2, 0) is 10.0 Å². The molecule has 0 saturated carbocycles. The first kappa shape index (κ1) is 16.1. The minimum Gasteiger partial charge on any atom is -0.322 e. The molecule has 2 aromatic rings. The van der Waals surface area contributed by atoms with Crippen LogP contribution < -0.4 is 10.0 Å². The average Bonchev–Trinajstić information content (AvgIpc) is 2.47. The van der Waals surface area contributed by atoms with Crippen molar-refractivity contribution in [3.63, 3.8) is 0 Å². The second-order valence-electron chi connectivity index (χ2n) is 4.99. The molecule has 1 aromatic heterocycles. The van der Waals surface area contributed by atoms with Gasteiger partial charge in [0.05, 0.1) is 4.90 Å². The normalized spacial score (nSPS) is 11.4. The van der Waals surface area contributed by atoms with Crippen molar-refractivity contribution in [3.8, 4) is 0 Å². The summed E-state index contributed by atoms with van der Waals surface area (Å²) in [6, 6.07) is 9.01. The molecule has 0 unspecified atom stereocenters. The molecule has 7 heteroatoms. The van der Waals surface area contributed by atoms with Crippen LogP contribution in [0.15, 0.2) is 53.7 Å². The molecule has 0 aliphatic carbocycles. The Morgan fingerprint density at radius 3 is 2.18 bits per heavy atom. The van der Waals surface area contributed by atoms with Gasteiger partial charge in [0, 0.05) is 29.7 Å². The Hall–Kier alpha value is -2.25. The molecule has 0 aliphatic rings. The summed E-state index contributed by atoms with van der Waals surface area (Å²) in [5, 5.41) is 2.70. The van der Waals surface area contributed by atoms with E-state index in [4.69, 9.17) is 0 Å². The Balaban J connectivity index is 2.11. The Morgan fingerprint density at radius 2 is 1.64 bits per heavy atom. The van der Waals surface area contributed by atoms with Crippen molar-refractivity contribution < 1.29 is 13.2 Å². The van der Waals surface area contributed by atoms with Crippen LogP contribution in [0, 0.1) is 0 Å². The van der Waals surface area contributed by atoms with Gasteiger partial charge in [-0.05, 0) is 50.2 Å². The lowest BCUT2D eigenvalue weighted by Crippen LogP contribution is -2.30. The predicted octanol–water partition coefficient (Wildman–Crippen LogP) is 2.02. The molecule has 2 N–H and O–H groups in total. The SMILES string of the molecule is CC(C)NS(=O)(=O)c1ccc(NC(=O)c2ccncc2)cc1. The predicted molar refractivity (Wildman–Crippen MR) is 84.1 cm³/mol. The van der Waals surface area contributed by atoms with E-state index in [2.05, 4.69) is 15.0 Å². The summed E-state index contributed by atoms with van der Waals surface area (Å²) in [6.07, 6.45) is 3.06. The Kier molecular flexibility index (Phi) is 4.89. The number of aromatic nitrogens is 1. The maximum Gasteiger partial charge on any atom is 0.255 e. The first-order valence-electron chi connectivity index (χ1n) is 6.72. The van der Waals surface area contributed by atoms with E-state index in [1.54, 1.807) is 38.1 Å². The standard InChI is InChI=1S/C15H17N3O3S/c1-11(2)18-22(20,21)14-5-3-13(4-6-14)17-15(19)12-7-9-16-10-8-12/h3-11,18H,1-2H3,(H,17,19). The first-order valence-corrected chi connectivity index (χ1v) is 8.20. The van der Waals surface area contributed by atoms with E-state index in [1.165, 1.54) is 24.5 Å². The molecule has 1 heterocycles. The summed E-state index contributed by atoms with van der Waals surface area (Å²) in [5.74, 6) is -0.279. The van der Waals surface area contributed by atoms with Gasteiger partial charge in [0.2, 0.25) is 10.0 Å². The van der Waals surface area contributed by atoms with Crippen LogP contribution in [0.2, 0.25) is 0 Å². The number of hydrogen-bond acceptors (Lipinski definition) is 4. The van der Waals surface area contributed by atoms with Gasteiger partial charge >= 0.3 is 0 Å². The van der Waals surface area contributed by atoms with Crippen molar-refractivity contribution in [1.29, 1.82) is 0 Å². The number of nitrogens with zero attached hydrogens (tertiary/aromatic N) is 1. The van der Waals surface area contributed by atoms with Crippen LogP contribution in [0.5, 0.6) is 0 Å². The quantitative estimate of drug-likeness (QED) is 0.882. The molecule has 0 fully saturated rings. The smallest absolute Gasteiger partial charge is 0.255 e. The van der Waals surface area contributed by atoms with Gasteiger partial charge in [-0.3, -0.25) is 9.78 Å². The zero-order chi connectivity index (χ0) is 16.2. The third kappa shape index (κ3) is 4.12. The lowest BCUT2D eigenvalue weighted by Gasteiger charge is -2.10. The molecule has 6 nitrogen and oxygen atoms in total. The van der Waals surface area contributed by atoms with Crippen LogP contribution in [0.4, 0.5) is 5.69 Å². The molecule has 1 amide bonds. The molecule has 0 aliphatic heterocycles. The van der Waals surface area contributed by atoms with Crippen LogP contribution in [0.1, 0.15) is 24.2 Å². The van der Waals surface area contributed by atoms with Crippen molar-refractivity contribution in [3.05, 3.63) is 54.4 Å². The lowest BCUT2D eigenvalue weighted by molar-refractivity contribution is 0.102. The summed E-state index contributed by atoms with van der Waals surface area (Å²) in [7, 11) is -3.53.